The smallest absolute Gasteiger partial charge is 0.0589 e. The Labute approximate surface area is 99.7 Å². The summed E-state index contributed by atoms with van der Waals surface area (Å²) in [6, 6.07) is 0. The van der Waals surface area contributed by atoms with Gasteiger partial charge in [0.25, 0.3) is 0 Å². The summed E-state index contributed by atoms with van der Waals surface area (Å²) in [5, 5.41) is 6.95. The summed E-state index contributed by atoms with van der Waals surface area (Å²) in [5.41, 5.74) is 0. The number of hydrogen-bond acceptors (Lipinski definition) is 4. The molecule has 1 aliphatic rings. The maximum atomic E-state index is 5.04. The molecule has 0 atom stereocenters. The molecule has 96 valence electrons. The second kappa shape index (κ2) is 8.93. The van der Waals surface area contributed by atoms with E-state index >= 15 is 0 Å². The molecular weight excluding hydrogens is 202 g/mol. The van der Waals surface area contributed by atoms with Crippen LogP contribution in [0.25, 0.3) is 0 Å². The Morgan fingerprint density at radius 2 is 2.06 bits per heavy atom. The SMILES string of the molecule is COCCN(C)CCNCC1CCNCC1. The molecular formula is C12H27N3O. The Balaban J connectivity index is 1.90. The minimum absolute atomic E-state index is 0.824. The van der Waals surface area contributed by atoms with Crippen molar-refractivity contribution in [3.8, 4) is 0 Å². The third-order valence-electron chi connectivity index (χ3n) is 3.24. The summed E-state index contributed by atoms with van der Waals surface area (Å²) in [4.78, 5) is 2.30. The van der Waals surface area contributed by atoms with Crippen molar-refractivity contribution in [3.05, 3.63) is 0 Å². The van der Waals surface area contributed by atoms with Crippen LogP contribution in [0, 0.1) is 5.92 Å². The first-order valence-electron chi connectivity index (χ1n) is 6.42. The monoisotopic (exact) mass is 229 g/mol. The average Bonchev–Trinajstić information content (AvgIpc) is 2.33. The van der Waals surface area contributed by atoms with Gasteiger partial charge in [-0.3, -0.25) is 0 Å². The summed E-state index contributed by atoms with van der Waals surface area (Å²) in [7, 11) is 3.90. The van der Waals surface area contributed by atoms with E-state index in [1.54, 1.807) is 7.11 Å². The molecule has 4 nitrogen and oxygen atoms in total. The lowest BCUT2D eigenvalue weighted by molar-refractivity contribution is 0.161. The fraction of sp³-hybridized carbons (Fsp3) is 1.00. The van der Waals surface area contributed by atoms with Crippen molar-refractivity contribution in [2.24, 2.45) is 5.92 Å². The molecule has 1 aliphatic heterocycles. The molecule has 1 fully saturated rings. The van der Waals surface area contributed by atoms with Gasteiger partial charge in [0.15, 0.2) is 0 Å². The predicted molar refractivity (Wildman–Crippen MR) is 67.8 cm³/mol. The summed E-state index contributed by atoms with van der Waals surface area (Å²) < 4.78 is 5.04. The highest BCUT2D eigenvalue weighted by Crippen LogP contribution is 2.09. The number of likely N-dealkylation sites (N-methyl/N-ethyl adjacent to an activating group) is 1. The van der Waals surface area contributed by atoms with Crippen molar-refractivity contribution in [2.75, 3.05) is 60.0 Å². The quantitative estimate of drug-likeness (QED) is 0.581. The van der Waals surface area contributed by atoms with E-state index in [2.05, 4.69) is 22.6 Å². The van der Waals surface area contributed by atoms with Gasteiger partial charge in [0, 0.05) is 26.7 Å². The zero-order chi connectivity index (χ0) is 11.6. The zero-order valence-electron chi connectivity index (χ0n) is 10.8. The van der Waals surface area contributed by atoms with Gasteiger partial charge in [0.05, 0.1) is 6.61 Å². The molecule has 2 N–H and O–H groups in total. The molecule has 4 heteroatoms. The highest BCUT2D eigenvalue weighted by molar-refractivity contribution is 4.70. The van der Waals surface area contributed by atoms with Crippen molar-refractivity contribution in [3.63, 3.8) is 0 Å². The molecule has 16 heavy (non-hydrogen) atoms. The normalized spacial score (nSPS) is 18.2. The van der Waals surface area contributed by atoms with E-state index in [1.165, 1.54) is 32.5 Å². The summed E-state index contributed by atoms with van der Waals surface area (Å²) in [5.74, 6) is 0.880. The average molecular weight is 229 g/mol. The van der Waals surface area contributed by atoms with Crippen molar-refractivity contribution < 1.29 is 4.74 Å². The van der Waals surface area contributed by atoms with Crippen LogP contribution >= 0.6 is 0 Å². The zero-order valence-corrected chi connectivity index (χ0v) is 10.8. The molecule has 0 aliphatic carbocycles. The van der Waals surface area contributed by atoms with E-state index in [9.17, 15) is 0 Å². The Morgan fingerprint density at radius 1 is 1.31 bits per heavy atom. The van der Waals surface area contributed by atoms with Crippen LogP contribution < -0.4 is 10.6 Å². The molecule has 0 spiro atoms. The highest BCUT2D eigenvalue weighted by atomic mass is 16.5. The number of piperidine rings is 1. The standard InChI is InChI=1S/C12H27N3O/c1-15(9-10-16-2)8-7-14-11-12-3-5-13-6-4-12/h12-14H,3-11H2,1-2H3. The van der Waals surface area contributed by atoms with E-state index in [0.717, 1.165) is 32.2 Å². The molecule has 1 heterocycles. The second-order valence-electron chi connectivity index (χ2n) is 4.69. The van der Waals surface area contributed by atoms with Crippen LogP contribution in [-0.2, 0) is 4.74 Å². The molecule has 0 radical (unpaired) electrons. The summed E-state index contributed by atoms with van der Waals surface area (Å²) in [6.07, 6.45) is 2.65. The summed E-state index contributed by atoms with van der Waals surface area (Å²) in [6.45, 7) is 7.61. The number of hydrogen-bond donors (Lipinski definition) is 2. The first kappa shape index (κ1) is 13.9. The molecule has 0 unspecified atom stereocenters. The second-order valence-corrected chi connectivity index (χ2v) is 4.69. The third kappa shape index (κ3) is 6.43. The van der Waals surface area contributed by atoms with E-state index < -0.39 is 0 Å². The molecule has 0 amide bonds. The van der Waals surface area contributed by atoms with Gasteiger partial charge in [0.2, 0.25) is 0 Å². The fourth-order valence-electron chi connectivity index (χ4n) is 2.02. The van der Waals surface area contributed by atoms with Crippen LogP contribution in [0.2, 0.25) is 0 Å². The van der Waals surface area contributed by atoms with Gasteiger partial charge < -0.3 is 20.3 Å². The maximum absolute atomic E-state index is 5.04. The first-order chi connectivity index (χ1) is 7.83. The summed E-state index contributed by atoms with van der Waals surface area (Å²) >= 11 is 0. The minimum Gasteiger partial charge on any atom is -0.383 e. The van der Waals surface area contributed by atoms with Gasteiger partial charge in [0.1, 0.15) is 0 Å². The van der Waals surface area contributed by atoms with Gasteiger partial charge in [-0.1, -0.05) is 0 Å². The lowest BCUT2D eigenvalue weighted by atomic mass is 9.98. The Kier molecular flexibility index (Phi) is 7.76. The number of nitrogens with one attached hydrogen (secondary N) is 2. The van der Waals surface area contributed by atoms with Crippen LogP contribution in [0.5, 0.6) is 0 Å². The van der Waals surface area contributed by atoms with Crippen molar-refractivity contribution in [2.45, 2.75) is 12.8 Å². The van der Waals surface area contributed by atoms with E-state index in [1.807, 2.05) is 0 Å². The minimum atomic E-state index is 0.824. The fourth-order valence-corrected chi connectivity index (χ4v) is 2.02. The molecule has 0 aromatic heterocycles. The Hall–Kier alpha value is -0.160. The van der Waals surface area contributed by atoms with E-state index in [4.69, 9.17) is 4.74 Å². The van der Waals surface area contributed by atoms with Crippen LogP contribution in [0.4, 0.5) is 0 Å². The van der Waals surface area contributed by atoms with Crippen LogP contribution in [0.1, 0.15) is 12.8 Å². The number of nitrogens with zero attached hydrogens (tertiary/aromatic N) is 1. The predicted octanol–water partition coefficient (Wildman–Crippen LogP) is 0.154. The highest BCUT2D eigenvalue weighted by Gasteiger charge is 2.11. The first-order valence-corrected chi connectivity index (χ1v) is 6.42. The van der Waals surface area contributed by atoms with Gasteiger partial charge in [-0.25, -0.2) is 0 Å². The molecule has 0 saturated carbocycles. The molecule has 1 saturated heterocycles. The molecule has 1 rings (SSSR count). The third-order valence-corrected chi connectivity index (χ3v) is 3.24. The van der Waals surface area contributed by atoms with E-state index in [-0.39, 0.29) is 0 Å². The lowest BCUT2D eigenvalue weighted by Gasteiger charge is -2.23. The molecule has 0 aromatic carbocycles. The van der Waals surface area contributed by atoms with Gasteiger partial charge in [-0.15, -0.1) is 0 Å². The van der Waals surface area contributed by atoms with Crippen LogP contribution in [0.3, 0.4) is 0 Å². The molecule has 0 bridgehead atoms. The number of rotatable bonds is 8. The van der Waals surface area contributed by atoms with Gasteiger partial charge in [-0.2, -0.15) is 0 Å². The molecule has 0 aromatic rings. The number of ether oxygens (including phenoxy) is 1. The van der Waals surface area contributed by atoms with Crippen molar-refractivity contribution >= 4 is 0 Å². The Bertz CT molecular complexity index is 160. The van der Waals surface area contributed by atoms with Gasteiger partial charge in [-0.05, 0) is 45.4 Å². The lowest BCUT2D eigenvalue weighted by Crippen LogP contribution is -2.37. The topological polar surface area (TPSA) is 36.5 Å². The number of methoxy groups -OCH3 is 1. The van der Waals surface area contributed by atoms with Crippen molar-refractivity contribution in [1.82, 2.24) is 15.5 Å². The van der Waals surface area contributed by atoms with E-state index in [0.29, 0.717) is 0 Å². The Morgan fingerprint density at radius 3 is 2.75 bits per heavy atom. The largest absolute Gasteiger partial charge is 0.383 e. The van der Waals surface area contributed by atoms with Crippen LogP contribution in [0.15, 0.2) is 0 Å². The van der Waals surface area contributed by atoms with Gasteiger partial charge >= 0.3 is 0 Å². The van der Waals surface area contributed by atoms with Crippen molar-refractivity contribution in [1.29, 1.82) is 0 Å². The maximum Gasteiger partial charge on any atom is 0.0589 e. The van der Waals surface area contributed by atoms with Crippen LogP contribution in [-0.4, -0.2) is 64.9 Å².